The van der Waals surface area contributed by atoms with Gasteiger partial charge in [-0.2, -0.15) is 5.10 Å². The molecule has 0 aromatic carbocycles. The second-order valence-electron chi connectivity index (χ2n) is 8.16. The topological polar surface area (TPSA) is 67.7 Å². The number of aryl methyl sites for hydroxylation is 1. The summed E-state index contributed by atoms with van der Waals surface area (Å²) in [5.41, 5.74) is 1.45. The lowest BCUT2D eigenvalue weighted by Gasteiger charge is -2.35. The molecule has 1 aromatic heterocycles. The van der Waals surface area contributed by atoms with Crippen LogP contribution in [0.3, 0.4) is 0 Å². The molecule has 3 rings (SSSR count). The van der Waals surface area contributed by atoms with E-state index in [0.717, 1.165) is 18.5 Å². The summed E-state index contributed by atoms with van der Waals surface area (Å²) in [5, 5.41) is 4.49. The SMILES string of the molecule is CC1CN(C2CCN(C(=O)c3cc(C(C)(C)C)nn3C)CC2)C(=O)O1. The fourth-order valence-corrected chi connectivity index (χ4v) is 3.50. The van der Waals surface area contributed by atoms with Gasteiger partial charge in [0.15, 0.2) is 0 Å². The van der Waals surface area contributed by atoms with Gasteiger partial charge in [-0.3, -0.25) is 9.48 Å². The summed E-state index contributed by atoms with van der Waals surface area (Å²) in [6, 6.07) is 2.06. The summed E-state index contributed by atoms with van der Waals surface area (Å²) >= 11 is 0. The number of aromatic nitrogens is 2. The van der Waals surface area contributed by atoms with Crippen LogP contribution in [-0.4, -0.2) is 63.4 Å². The molecule has 7 heteroatoms. The highest BCUT2D eigenvalue weighted by atomic mass is 16.6. The van der Waals surface area contributed by atoms with Gasteiger partial charge in [0, 0.05) is 31.6 Å². The van der Waals surface area contributed by atoms with Gasteiger partial charge in [-0.15, -0.1) is 0 Å². The molecule has 0 spiro atoms. The molecular weight excluding hydrogens is 320 g/mol. The van der Waals surface area contributed by atoms with E-state index < -0.39 is 0 Å². The Hall–Kier alpha value is -2.05. The lowest BCUT2D eigenvalue weighted by molar-refractivity contribution is 0.0648. The van der Waals surface area contributed by atoms with Crippen LogP contribution in [0.4, 0.5) is 4.79 Å². The number of carbonyl (C=O) groups is 2. The van der Waals surface area contributed by atoms with Crippen LogP contribution in [0.5, 0.6) is 0 Å². The predicted octanol–water partition coefficient (Wildman–Crippen LogP) is 2.16. The van der Waals surface area contributed by atoms with Crippen molar-refractivity contribution in [3.63, 3.8) is 0 Å². The van der Waals surface area contributed by atoms with E-state index in [4.69, 9.17) is 4.74 Å². The molecule has 0 saturated carbocycles. The van der Waals surface area contributed by atoms with Crippen molar-refractivity contribution < 1.29 is 14.3 Å². The van der Waals surface area contributed by atoms with E-state index >= 15 is 0 Å². The van der Waals surface area contributed by atoms with E-state index in [-0.39, 0.29) is 29.6 Å². The van der Waals surface area contributed by atoms with Crippen molar-refractivity contribution >= 4 is 12.0 Å². The van der Waals surface area contributed by atoms with Gasteiger partial charge in [0.25, 0.3) is 5.91 Å². The summed E-state index contributed by atoms with van der Waals surface area (Å²) < 4.78 is 6.89. The third kappa shape index (κ3) is 3.50. The number of rotatable bonds is 2. The number of cyclic esters (lactones) is 1. The molecule has 7 nitrogen and oxygen atoms in total. The molecule has 2 aliphatic rings. The number of carbonyl (C=O) groups excluding carboxylic acids is 2. The van der Waals surface area contributed by atoms with Crippen LogP contribution >= 0.6 is 0 Å². The summed E-state index contributed by atoms with van der Waals surface area (Å²) in [7, 11) is 1.82. The average Bonchev–Trinajstić information content (AvgIpc) is 3.09. The predicted molar refractivity (Wildman–Crippen MR) is 93.5 cm³/mol. The Morgan fingerprint density at radius 3 is 2.40 bits per heavy atom. The summed E-state index contributed by atoms with van der Waals surface area (Å²) in [6.45, 7) is 10.1. The van der Waals surface area contributed by atoms with Gasteiger partial charge in [-0.25, -0.2) is 4.79 Å². The van der Waals surface area contributed by atoms with Crippen LogP contribution in [0, 0.1) is 0 Å². The second kappa shape index (κ2) is 6.35. The minimum Gasteiger partial charge on any atom is -0.444 e. The normalized spacial score (nSPS) is 22.4. The molecule has 0 N–H and O–H groups in total. The van der Waals surface area contributed by atoms with Crippen LogP contribution < -0.4 is 0 Å². The van der Waals surface area contributed by atoms with Crippen LogP contribution in [0.2, 0.25) is 0 Å². The second-order valence-corrected chi connectivity index (χ2v) is 8.16. The first-order valence-corrected chi connectivity index (χ1v) is 8.98. The number of hydrogen-bond acceptors (Lipinski definition) is 4. The summed E-state index contributed by atoms with van der Waals surface area (Å²) in [5.74, 6) is 0.0151. The van der Waals surface area contributed by atoms with Gasteiger partial charge in [0.05, 0.1) is 12.2 Å². The highest BCUT2D eigenvalue weighted by Gasteiger charge is 2.36. The third-order valence-corrected chi connectivity index (χ3v) is 5.05. The van der Waals surface area contributed by atoms with Crippen molar-refractivity contribution in [3.8, 4) is 0 Å². The molecule has 3 heterocycles. The number of ether oxygens (including phenoxy) is 1. The summed E-state index contributed by atoms with van der Waals surface area (Å²) in [6.07, 6.45) is 1.31. The molecule has 0 aliphatic carbocycles. The summed E-state index contributed by atoms with van der Waals surface area (Å²) in [4.78, 5) is 28.4. The van der Waals surface area contributed by atoms with Crippen molar-refractivity contribution in [1.29, 1.82) is 0 Å². The van der Waals surface area contributed by atoms with E-state index in [1.807, 2.05) is 29.8 Å². The van der Waals surface area contributed by atoms with Gasteiger partial charge in [0.2, 0.25) is 0 Å². The fourth-order valence-electron chi connectivity index (χ4n) is 3.50. The van der Waals surface area contributed by atoms with E-state index in [0.29, 0.717) is 25.3 Å². The van der Waals surface area contributed by atoms with Gasteiger partial charge < -0.3 is 14.5 Å². The van der Waals surface area contributed by atoms with Gasteiger partial charge in [-0.05, 0) is 25.8 Å². The van der Waals surface area contributed by atoms with E-state index in [2.05, 4.69) is 25.9 Å². The third-order valence-electron chi connectivity index (χ3n) is 5.05. The molecule has 1 atom stereocenters. The van der Waals surface area contributed by atoms with Crippen LogP contribution in [0.15, 0.2) is 6.07 Å². The minimum absolute atomic E-state index is 0.0151. The smallest absolute Gasteiger partial charge is 0.410 e. The lowest BCUT2D eigenvalue weighted by atomic mass is 9.92. The van der Waals surface area contributed by atoms with Crippen LogP contribution in [0.25, 0.3) is 0 Å². The van der Waals surface area contributed by atoms with Crippen molar-refractivity contribution in [2.75, 3.05) is 19.6 Å². The Morgan fingerprint density at radius 2 is 1.92 bits per heavy atom. The van der Waals surface area contributed by atoms with Crippen molar-refractivity contribution in [1.82, 2.24) is 19.6 Å². The molecule has 2 fully saturated rings. The highest BCUT2D eigenvalue weighted by Crippen LogP contribution is 2.25. The molecule has 25 heavy (non-hydrogen) atoms. The van der Waals surface area contributed by atoms with Crippen LogP contribution in [0.1, 0.15) is 56.7 Å². The zero-order valence-corrected chi connectivity index (χ0v) is 15.8. The van der Waals surface area contributed by atoms with Crippen molar-refractivity contribution in [3.05, 3.63) is 17.5 Å². The molecule has 2 aliphatic heterocycles. The molecule has 1 aromatic rings. The van der Waals surface area contributed by atoms with Gasteiger partial charge >= 0.3 is 6.09 Å². The van der Waals surface area contributed by atoms with Crippen molar-refractivity contribution in [2.45, 2.75) is 58.1 Å². The number of nitrogens with zero attached hydrogens (tertiary/aromatic N) is 4. The Bertz CT molecular complexity index is 668. The van der Waals surface area contributed by atoms with Gasteiger partial charge in [-0.1, -0.05) is 20.8 Å². The maximum Gasteiger partial charge on any atom is 0.410 e. The minimum atomic E-state index is -0.223. The van der Waals surface area contributed by atoms with Crippen LogP contribution in [-0.2, 0) is 17.2 Å². The molecule has 138 valence electrons. The quantitative estimate of drug-likeness (QED) is 0.821. The first kappa shape index (κ1) is 17.8. The molecule has 1 unspecified atom stereocenters. The largest absolute Gasteiger partial charge is 0.444 e. The Balaban J connectivity index is 1.64. The Morgan fingerprint density at radius 1 is 1.28 bits per heavy atom. The zero-order chi connectivity index (χ0) is 18.4. The highest BCUT2D eigenvalue weighted by molar-refractivity contribution is 5.92. The van der Waals surface area contributed by atoms with E-state index in [1.54, 1.807) is 4.68 Å². The maximum absolute atomic E-state index is 12.9. The number of likely N-dealkylation sites (tertiary alicyclic amines) is 1. The number of hydrogen-bond donors (Lipinski definition) is 0. The number of amides is 2. The van der Waals surface area contributed by atoms with E-state index in [1.165, 1.54) is 0 Å². The molecule has 0 radical (unpaired) electrons. The first-order chi connectivity index (χ1) is 11.7. The monoisotopic (exact) mass is 348 g/mol. The van der Waals surface area contributed by atoms with E-state index in [9.17, 15) is 9.59 Å². The average molecular weight is 348 g/mol. The maximum atomic E-state index is 12.9. The van der Waals surface area contributed by atoms with Gasteiger partial charge in [0.1, 0.15) is 11.8 Å². The molecule has 2 saturated heterocycles. The first-order valence-electron chi connectivity index (χ1n) is 8.98. The standard InChI is InChI=1S/C18H28N4O3/c1-12-11-22(17(24)25-12)13-6-8-21(9-7-13)16(23)14-10-15(18(2,3)4)19-20(14)5/h10,12-13H,6-9,11H2,1-5H3. The fraction of sp³-hybridized carbons (Fsp3) is 0.722. The van der Waals surface area contributed by atoms with Crippen molar-refractivity contribution in [2.24, 2.45) is 7.05 Å². The lowest BCUT2D eigenvalue weighted by Crippen LogP contribution is -2.47. The molecular formula is C18H28N4O3. The molecule has 0 bridgehead atoms. The Labute approximate surface area is 148 Å². The molecule has 2 amide bonds. The number of piperidine rings is 1. The zero-order valence-electron chi connectivity index (χ0n) is 15.8. The Kier molecular flexibility index (Phi) is 4.51.